The summed E-state index contributed by atoms with van der Waals surface area (Å²) in [7, 11) is 0. The fourth-order valence-corrected chi connectivity index (χ4v) is 3.74. The van der Waals surface area contributed by atoms with Crippen LogP contribution >= 0.6 is 0 Å². The van der Waals surface area contributed by atoms with Crippen LogP contribution in [-0.4, -0.2) is 53.0 Å². The molecule has 0 amide bonds. The molecule has 1 heterocycles. The van der Waals surface area contributed by atoms with E-state index in [4.69, 9.17) is 30.4 Å². The van der Waals surface area contributed by atoms with E-state index in [-0.39, 0.29) is 24.3 Å². The summed E-state index contributed by atoms with van der Waals surface area (Å²) in [5.41, 5.74) is 11.8. The number of carbonyl (C=O) groups excluding carboxylic acids is 4. The molecular formula is C28H34N4O8. The summed E-state index contributed by atoms with van der Waals surface area (Å²) >= 11 is 0. The van der Waals surface area contributed by atoms with E-state index >= 15 is 0 Å². The van der Waals surface area contributed by atoms with E-state index in [0.29, 0.717) is 28.3 Å². The Balaban J connectivity index is 2.48. The first kappa shape index (κ1) is 31.8. The maximum Gasteiger partial charge on any atom is 0.349 e. The topological polar surface area (TPSA) is 183 Å². The first-order valence-corrected chi connectivity index (χ1v) is 12.3. The molecule has 0 radical (unpaired) electrons. The number of hydrogen-bond donors (Lipinski definition) is 2. The van der Waals surface area contributed by atoms with Crippen LogP contribution in [0, 0.1) is 20.8 Å². The lowest BCUT2D eigenvalue weighted by Gasteiger charge is -2.31. The van der Waals surface area contributed by atoms with Crippen molar-refractivity contribution >= 4 is 23.9 Å². The zero-order valence-corrected chi connectivity index (χ0v) is 23.0. The number of benzene rings is 1. The number of aromatic nitrogens is 2. The Morgan fingerprint density at radius 1 is 0.950 bits per heavy atom. The average Bonchev–Trinajstić information content (AvgIpc) is 2.90. The Morgan fingerprint density at radius 3 is 2.10 bits per heavy atom. The summed E-state index contributed by atoms with van der Waals surface area (Å²) in [6, 6.07) is 4.18. The molecule has 214 valence electrons. The molecule has 0 fully saturated rings. The lowest BCUT2D eigenvalue weighted by atomic mass is 9.92. The lowest BCUT2D eigenvalue weighted by molar-refractivity contribution is -0.175. The minimum atomic E-state index is -1.45. The molecule has 0 spiro atoms. The molecule has 40 heavy (non-hydrogen) atoms. The maximum atomic E-state index is 13.5. The summed E-state index contributed by atoms with van der Waals surface area (Å²) in [6.07, 6.45) is 1.49. The third-order valence-corrected chi connectivity index (χ3v) is 5.72. The number of aryl methyl sites for hydroxylation is 3. The minimum absolute atomic E-state index is 0.0898. The van der Waals surface area contributed by atoms with Crippen molar-refractivity contribution in [3.05, 3.63) is 71.8 Å². The molecule has 0 saturated heterocycles. The molecule has 0 aliphatic rings. The fourth-order valence-electron chi connectivity index (χ4n) is 3.74. The zero-order valence-electron chi connectivity index (χ0n) is 23.0. The minimum Gasteiger partial charge on any atom is -0.450 e. The number of carbonyl (C=O) groups is 4. The molecule has 1 aromatic carbocycles. The lowest BCUT2D eigenvalue weighted by Crippen LogP contribution is -2.39. The second-order valence-corrected chi connectivity index (χ2v) is 8.78. The molecule has 0 aliphatic carbocycles. The van der Waals surface area contributed by atoms with Gasteiger partial charge in [0.25, 0.3) is 0 Å². The van der Waals surface area contributed by atoms with Gasteiger partial charge in [-0.2, -0.15) is 0 Å². The van der Waals surface area contributed by atoms with Crippen LogP contribution < -0.4 is 20.9 Å². The first-order chi connectivity index (χ1) is 18.9. The van der Waals surface area contributed by atoms with Crippen molar-refractivity contribution in [2.75, 3.05) is 13.1 Å². The van der Waals surface area contributed by atoms with Crippen molar-refractivity contribution in [2.45, 2.75) is 52.2 Å². The van der Waals surface area contributed by atoms with Crippen molar-refractivity contribution in [1.82, 2.24) is 9.97 Å². The number of rotatable bonds is 13. The Hall–Kier alpha value is -4.42. The first-order valence-electron chi connectivity index (χ1n) is 12.3. The summed E-state index contributed by atoms with van der Waals surface area (Å²) in [5.74, 6) is -3.43. The molecule has 12 heteroatoms. The molecule has 0 bridgehead atoms. The van der Waals surface area contributed by atoms with Crippen molar-refractivity contribution in [3.63, 3.8) is 0 Å². The predicted octanol–water partition coefficient (Wildman–Crippen LogP) is 1.81. The zero-order chi connectivity index (χ0) is 30.0. The van der Waals surface area contributed by atoms with Crippen molar-refractivity contribution in [1.29, 1.82) is 0 Å². The van der Waals surface area contributed by atoms with Crippen LogP contribution in [0.4, 0.5) is 0 Å². The summed E-state index contributed by atoms with van der Waals surface area (Å²) < 4.78 is 21.5. The van der Waals surface area contributed by atoms with E-state index < -0.39 is 48.7 Å². The van der Waals surface area contributed by atoms with E-state index in [0.717, 1.165) is 6.92 Å². The third-order valence-electron chi connectivity index (χ3n) is 5.72. The highest BCUT2D eigenvalue weighted by Crippen LogP contribution is 2.34. The van der Waals surface area contributed by atoms with Gasteiger partial charge in [0.1, 0.15) is 5.69 Å². The van der Waals surface area contributed by atoms with Gasteiger partial charge in [-0.15, -0.1) is 6.58 Å². The SMILES string of the molecule is C=CCC(C=C)(OC(=O)[C@@H](Cc1ccc(OC(=O)CN)c(OC(=O)CN)c1)OC(C)=O)c1nc(C)c(C)nc1C. The van der Waals surface area contributed by atoms with Gasteiger partial charge in [0.2, 0.25) is 6.10 Å². The van der Waals surface area contributed by atoms with Gasteiger partial charge in [0.05, 0.1) is 30.2 Å². The van der Waals surface area contributed by atoms with E-state index in [1.165, 1.54) is 24.3 Å². The van der Waals surface area contributed by atoms with E-state index in [1.807, 2.05) is 6.92 Å². The number of nitrogens with two attached hydrogens (primary N) is 2. The van der Waals surface area contributed by atoms with Crippen molar-refractivity contribution < 1.29 is 38.1 Å². The van der Waals surface area contributed by atoms with Crippen LogP contribution in [0.2, 0.25) is 0 Å². The standard InChI is InChI=1S/C28H34N4O8/c1-7-11-28(8-2,26-18(5)31-16(3)17(4)32-26)40-27(36)23(37-19(6)33)13-20-9-10-21(38-24(34)14-29)22(12-20)39-25(35)15-30/h7-10,12,23H,1-2,11,13-15,29-30H2,3-6H3/t23-,28?/m1/s1. The van der Waals surface area contributed by atoms with Gasteiger partial charge in [-0.3, -0.25) is 19.4 Å². The van der Waals surface area contributed by atoms with Gasteiger partial charge in [0.15, 0.2) is 17.1 Å². The molecule has 12 nitrogen and oxygen atoms in total. The third kappa shape index (κ3) is 8.04. The van der Waals surface area contributed by atoms with Gasteiger partial charge in [-0.1, -0.05) is 18.7 Å². The van der Waals surface area contributed by atoms with Crippen molar-refractivity contribution in [3.8, 4) is 11.5 Å². The van der Waals surface area contributed by atoms with Gasteiger partial charge < -0.3 is 30.4 Å². The summed E-state index contributed by atoms with van der Waals surface area (Å²) in [5, 5.41) is 0. The molecule has 0 aliphatic heterocycles. The number of ether oxygens (including phenoxy) is 4. The Labute approximate surface area is 232 Å². The fraction of sp³-hybridized carbons (Fsp3) is 0.357. The number of esters is 4. The molecule has 2 rings (SSSR count). The highest BCUT2D eigenvalue weighted by Gasteiger charge is 2.39. The monoisotopic (exact) mass is 554 g/mol. The van der Waals surface area contributed by atoms with Gasteiger partial charge in [-0.05, 0) is 44.5 Å². The van der Waals surface area contributed by atoms with Crippen molar-refractivity contribution in [2.24, 2.45) is 11.5 Å². The summed E-state index contributed by atoms with van der Waals surface area (Å²) in [6.45, 7) is 13.2. The number of hydrogen-bond acceptors (Lipinski definition) is 12. The molecule has 2 aromatic rings. The second kappa shape index (κ2) is 14.1. The van der Waals surface area contributed by atoms with Crippen LogP contribution in [-0.2, 0) is 40.7 Å². The molecule has 1 unspecified atom stereocenters. The quantitative estimate of drug-likeness (QED) is 0.208. The smallest absolute Gasteiger partial charge is 0.349 e. The normalized spacial score (nSPS) is 12.8. The highest BCUT2D eigenvalue weighted by molar-refractivity contribution is 5.80. The second-order valence-electron chi connectivity index (χ2n) is 8.78. The van der Waals surface area contributed by atoms with Crippen LogP contribution in [0.15, 0.2) is 43.5 Å². The van der Waals surface area contributed by atoms with Crippen LogP contribution in [0.3, 0.4) is 0 Å². The Bertz CT molecular complexity index is 1310. The Morgan fingerprint density at radius 2 is 1.55 bits per heavy atom. The summed E-state index contributed by atoms with van der Waals surface area (Å²) in [4.78, 5) is 58.1. The van der Waals surface area contributed by atoms with Crippen LogP contribution in [0.25, 0.3) is 0 Å². The van der Waals surface area contributed by atoms with E-state index in [9.17, 15) is 19.2 Å². The van der Waals surface area contributed by atoms with Gasteiger partial charge in [0, 0.05) is 19.8 Å². The predicted molar refractivity (Wildman–Crippen MR) is 144 cm³/mol. The van der Waals surface area contributed by atoms with E-state index in [1.54, 1.807) is 19.9 Å². The van der Waals surface area contributed by atoms with E-state index in [2.05, 4.69) is 23.1 Å². The van der Waals surface area contributed by atoms with Crippen LogP contribution in [0.1, 0.15) is 41.7 Å². The molecule has 2 atom stereocenters. The largest absolute Gasteiger partial charge is 0.450 e. The number of nitrogens with zero attached hydrogens (tertiary/aromatic N) is 2. The maximum absolute atomic E-state index is 13.5. The van der Waals surface area contributed by atoms with Gasteiger partial charge in [-0.25, -0.2) is 9.78 Å². The average molecular weight is 555 g/mol. The highest BCUT2D eigenvalue weighted by atomic mass is 16.6. The molecule has 1 aromatic heterocycles. The molecular weight excluding hydrogens is 520 g/mol. The molecule has 0 saturated carbocycles. The Kier molecular flexibility index (Phi) is 11.2. The van der Waals surface area contributed by atoms with Gasteiger partial charge >= 0.3 is 23.9 Å². The van der Waals surface area contributed by atoms with Crippen LogP contribution in [0.5, 0.6) is 11.5 Å². The molecule has 4 N–H and O–H groups in total.